The number of carbonyl (C=O) groups is 1. The third-order valence-electron chi connectivity index (χ3n) is 3.64. The molecule has 0 saturated heterocycles. The molecule has 0 unspecified atom stereocenters. The molecule has 25 heavy (non-hydrogen) atoms. The summed E-state index contributed by atoms with van der Waals surface area (Å²) in [6.45, 7) is 2.49. The number of guanidine groups is 1. The Morgan fingerprint density at radius 3 is 2.76 bits per heavy atom. The van der Waals surface area contributed by atoms with Gasteiger partial charge in [-0.3, -0.25) is 15.5 Å². The Bertz CT molecular complexity index is 924. The number of nitrogens with zero attached hydrogens (tertiary/aromatic N) is 1. The van der Waals surface area contributed by atoms with Crippen LogP contribution in [0.25, 0.3) is 22.2 Å². The standard InChI is InChI=1S/C19H18N4O2/c1-2-25-18-10-6-4-8-14(18)17-11-16(23-19(20)21-12-24)13-7-3-5-9-15(13)22-17/h3-12H,2H2,1H3,(H3,20,21,22,23,24). The number of nitrogens with one attached hydrogen (secondary N) is 3. The molecular formula is C19H18N4O2. The first-order valence-corrected chi connectivity index (χ1v) is 7.90. The molecule has 3 rings (SSSR count). The van der Waals surface area contributed by atoms with E-state index < -0.39 is 0 Å². The molecule has 126 valence electrons. The molecule has 0 aliphatic heterocycles. The van der Waals surface area contributed by atoms with Crippen molar-refractivity contribution in [2.24, 2.45) is 0 Å². The van der Waals surface area contributed by atoms with E-state index in [2.05, 4.69) is 10.6 Å². The minimum absolute atomic E-state index is 0.101. The van der Waals surface area contributed by atoms with Crippen LogP contribution in [-0.2, 0) is 4.79 Å². The average molecular weight is 334 g/mol. The van der Waals surface area contributed by atoms with Crippen molar-refractivity contribution in [3.8, 4) is 17.0 Å². The van der Waals surface area contributed by atoms with E-state index >= 15 is 0 Å². The van der Waals surface area contributed by atoms with Crippen LogP contribution in [0, 0.1) is 5.41 Å². The van der Waals surface area contributed by atoms with E-state index in [9.17, 15) is 4.79 Å². The van der Waals surface area contributed by atoms with Crippen LogP contribution in [0.4, 0.5) is 5.69 Å². The Kier molecular flexibility index (Phi) is 4.89. The van der Waals surface area contributed by atoms with Crippen molar-refractivity contribution in [1.82, 2.24) is 10.3 Å². The number of fused-ring (bicyclic) bond motifs is 1. The van der Waals surface area contributed by atoms with Gasteiger partial charge in [-0.25, -0.2) is 4.98 Å². The lowest BCUT2D eigenvalue weighted by Crippen LogP contribution is -2.28. The number of amides is 1. The molecule has 6 heteroatoms. The summed E-state index contributed by atoms with van der Waals surface area (Å²) in [4.78, 5) is 15.3. The topological polar surface area (TPSA) is 87.1 Å². The molecule has 1 aromatic heterocycles. The number of hydrogen-bond acceptors (Lipinski definition) is 4. The molecule has 0 atom stereocenters. The number of para-hydroxylation sites is 2. The molecule has 3 N–H and O–H groups in total. The first-order chi connectivity index (χ1) is 12.2. The van der Waals surface area contributed by atoms with Gasteiger partial charge in [-0.2, -0.15) is 0 Å². The van der Waals surface area contributed by atoms with Crippen LogP contribution in [0.3, 0.4) is 0 Å². The molecule has 0 aliphatic rings. The predicted octanol–water partition coefficient (Wildman–Crippen LogP) is 3.39. The average Bonchev–Trinajstić information content (AvgIpc) is 2.62. The monoisotopic (exact) mass is 334 g/mol. The highest BCUT2D eigenvalue weighted by Crippen LogP contribution is 2.33. The third-order valence-corrected chi connectivity index (χ3v) is 3.64. The minimum Gasteiger partial charge on any atom is -0.493 e. The first-order valence-electron chi connectivity index (χ1n) is 7.90. The van der Waals surface area contributed by atoms with Crippen LogP contribution in [0.1, 0.15) is 6.92 Å². The van der Waals surface area contributed by atoms with E-state index in [0.717, 1.165) is 27.9 Å². The van der Waals surface area contributed by atoms with Gasteiger partial charge in [-0.05, 0) is 31.2 Å². The molecule has 3 aromatic rings. The molecule has 0 saturated carbocycles. The second-order valence-electron chi connectivity index (χ2n) is 5.26. The summed E-state index contributed by atoms with van der Waals surface area (Å²) in [5, 5.41) is 13.8. The van der Waals surface area contributed by atoms with Crippen molar-refractivity contribution < 1.29 is 9.53 Å². The molecule has 6 nitrogen and oxygen atoms in total. The van der Waals surface area contributed by atoms with Gasteiger partial charge < -0.3 is 10.1 Å². The summed E-state index contributed by atoms with van der Waals surface area (Å²) >= 11 is 0. The second-order valence-corrected chi connectivity index (χ2v) is 5.26. The van der Waals surface area contributed by atoms with Crippen molar-refractivity contribution in [3.05, 3.63) is 54.6 Å². The van der Waals surface area contributed by atoms with Gasteiger partial charge in [0, 0.05) is 10.9 Å². The van der Waals surface area contributed by atoms with Gasteiger partial charge in [0.15, 0.2) is 5.96 Å². The summed E-state index contributed by atoms with van der Waals surface area (Å²) in [6, 6.07) is 17.2. The molecular weight excluding hydrogens is 316 g/mol. The van der Waals surface area contributed by atoms with Crippen molar-refractivity contribution in [2.75, 3.05) is 11.9 Å². The van der Waals surface area contributed by atoms with Crippen LogP contribution in [0.2, 0.25) is 0 Å². The van der Waals surface area contributed by atoms with Gasteiger partial charge in [0.2, 0.25) is 6.41 Å². The lowest BCUT2D eigenvalue weighted by atomic mass is 10.1. The van der Waals surface area contributed by atoms with Gasteiger partial charge in [-0.1, -0.05) is 30.3 Å². The van der Waals surface area contributed by atoms with Crippen molar-refractivity contribution in [2.45, 2.75) is 6.92 Å². The Balaban J connectivity index is 2.14. The van der Waals surface area contributed by atoms with E-state index in [1.807, 2.05) is 61.5 Å². The van der Waals surface area contributed by atoms with E-state index in [0.29, 0.717) is 18.7 Å². The zero-order valence-corrected chi connectivity index (χ0v) is 13.7. The zero-order valence-electron chi connectivity index (χ0n) is 13.7. The van der Waals surface area contributed by atoms with E-state index in [-0.39, 0.29) is 5.96 Å². The van der Waals surface area contributed by atoms with Gasteiger partial charge in [-0.15, -0.1) is 0 Å². The number of pyridine rings is 1. The second kappa shape index (κ2) is 7.44. The summed E-state index contributed by atoms with van der Waals surface area (Å²) in [5.41, 5.74) is 3.07. The zero-order chi connectivity index (χ0) is 17.6. The van der Waals surface area contributed by atoms with Crippen LogP contribution in [0.15, 0.2) is 54.6 Å². The van der Waals surface area contributed by atoms with Crippen molar-refractivity contribution >= 4 is 29.0 Å². The molecule has 0 spiro atoms. The fourth-order valence-electron chi connectivity index (χ4n) is 2.61. The number of anilines is 1. The maximum absolute atomic E-state index is 10.6. The molecule has 1 amide bonds. The number of ether oxygens (including phenoxy) is 1. The van der Waals surface area contributed by atoms with E-state index in [1.165, 1.54) is 0 Å². The highest BCUT2D eigenvalue weighted by atomic mass is 16.5. The minimum atomic E-state index is -0.101. The molecule has 0 fully saturated rings. The molecule has 0 radical (unpaired) electrons. The van der Waals surface area contributed by atoms with Crippen LogP contribution in [-0.4, -0.2) is 24.0 Å². The summed E-state index contributed by atoms with van der Waals surface area (Å²) in [5.74, 6) is 0.648. The fraction of sp³-hybridized carbons (Fsp3) is 0.105. The van der Waals surface area contributed by atoms with Crippen LogP contribution >= 0.6 is 0 Å². The largest absolute Gasteiger partial charge is 0.493 e. The van der Waals surface area contributed by atoms with Gasteiger partial charge in [0.1, 0.15) is 5.75 Å². The van der Waals surface area contributed by atoms with Crippen molar-refractivity contribution in [1.29, 1.82) is 5.41 Å². The number of benzene rings is 2. The van der Waals surface area contributed by atoms with Crippen LogP contribution < -0.4 is 15.4 Å². The number of carbonyl (C=O) groups excluding carboxylic acids is 1. The van der Waals surface area contributed by atoms with E-state index in [1.54, 1.807) is 0 Å². The molecule has 0 aliphatic carbocycles. The normalized spacial score (nSPS) is 10.3. The maximum Gasteiger partial charge on any atom is 0.213 e. The molecule has 0 bridgehead atoms. The van der Waals surface area contributed by atoms with Gasteiger partial charge in [0.05, 0.1) is 23.5 Å². The Hall–Kier alpha value is -3.41. The van der Waals surface area contributed by atoms with Gasteiger partial charge >= 0.3 is 0 Å². The highest BCUT2D eigenvalue weighted by molar-refractivity contribution is 6.04. The number of hydrogen-bond donors (Lipinski definition) is 3. The maximum atomic E-state index is 10.6. The number of rotatable bonds is 5. The Morgan fingerprint density at radius 1 is 1.20 bits per heavy atom. The van der Waals surface area contributed by atoms with Crippen LogP contribution in [0.5, 0.6) is 5.75 Å². The number of aromatic nitrogens is 1. The Morgan fingerprint density at radius 2 is 1.96 bits per heavy atom. The smallest absolute Gasteiger partial charge is 0.213 e. The SMILES string of the molecule is CCOc1ccccc1-c1cc(NC(=N)NC=O)c2ccccc2n1. The molecule has 2 aromatic carbocycles. The molecule has 1 heterocycles. The first kappa shape index (κ1) is 16.4. The van der Waals surface area contributed by atoms with Crippen molar-refractivity contribution in [3.63, 3.8) is 0 Å². The third kappa shape index (κ3) is 3.58. The lowest BCUT2D eigenvalue weighted by molar-refractivity contribution is -0.108. The summed E-state index contributed by atoms with van der Waals surface area (Å²) < 4.78 is 5.70. The quantitative estimate of drug-likeness (QED) is 0.379. The lowest BCUT2D eigenvalue weighted by Gasteiger charge is -2.14. The summed E-state index contributed by atoms with van der Waals surface area (Å²) in [6.07, 6.45) is 0.462. The van der Waals surface area contributed by atoms with Gasteiger partial charge in [0.25, 0.3) is 0 Å². The predicted molar refractivity (Wildman–Crippen MR) is 98.9 cm³/mol. The summed E-state index contributed by atoms with van der Waals surface area (Å²) in [7, 11) is 0. The van der Waals surface area contributed by atoms with E-state index in [4.69, 9.17) is 15.1 Å². The fourth-order valence-corrected chi connectivity index (χ4v) is 2.61. The Labute approximate surface area is 145 Å². The highest BCUT2D eigenvalue weighted by Gasteiger charge is 2.12.